The van der Waals surface area contributed by atoms with E-state index in [9.17, 15) is 13.2 Å². The summed E-state index contributed by atoms with van der Waals surface area (Å²) in [5, 5.41) is 4.28. The van der Waals surface area contributed by atoms with Gasteiger partial charge in [0.25, 0.3) is 0 Å². The highest BCUT2D eigenvalue weighted by molar-refractivity contribution is 7.89. The first kappa shape index (κ1) is 18.4. The third-order valence-electron chi connectivity index (χ3n) is 2.92. The van der Waals surface area contributed by atoms with Crippen LogP contribution in [0.4, 0.5) is 0 Å². The van der Waals surface area contributed by atoms with E-state index in [4.69, 9.17) is 5.73 Å². The maximum atomic E-state index is 12.1. The average Bonchev–Trinajstić information content (AvgIpc) is 2.50. The SMILES string of the molecule is Cl.NCCNC(=O)CNS(=O)(=O)c1ccc2ccccc2c1. The Morgan fingerprint density at radius 3 is 2.45 bits per heavy atom. The molecule has 0 aromatic heterocycles. The second-order valence-corrected chi connectivity index (χ2v) is 6.24. The third kappa shape index (κ3) is 4.67. The fraction of sp³-hybridized carbons (Fsp3) is 0.214. The predicted octanol–water partition coefficient (Wildman–Crippen LogP) is 0.615. The van der Waals surface area contributed by atoms with E-state index < -0.39 is 15.9 Å². The molecule has 0 bridgehead atoms. The van der Waals surface area contributed by atoms with Crippen LogP contribution in [0.15, 0.2) is 47.4 Å². The van der Waals surface area contributed by atoms with Crippen LogP contribution in [0.1, 0.15) is 0 Å². The molecule has 0 unspecified atom stereocenters. The van der Waals surface area contributed by atoms with E-state index in [1.54, 1.807) is 12.1 Å². The number of benzene rings is 2. The number of amides is 1. The van der Waals surface area contributed by atoms with Crippen molar-refractivity contribution in [3.8, 4) is 0 Å². The van der Waals surface area contributed by atoms with Gasteiger partial charge < -0.3 is 11.1 Å². The van der Waals surface area contributed by atoms with E-state index in [0.717, 1.165) is 10.8 Å². The Morgan fingerprint density at radius 1 is 1.09 bits per heavy atom. The van der Waals surface area contributed by atoms with E-state index in [-0.39, 0.29) is 23.8 Å². The highest BCUT2D eigenvalue weighted by Crippen LogP contribution is 2.18. The van der Waals surface area contributed by atoms with Crippen LogP contribution in [0.3, 0.4) is 0 Å². The van der Waals surface area contributed by atoms with Crippen LogP contribution < -0.4 is 15.8 Å². The molecule has 2 rings (SSSR count). The van der Waals surface area contributed by atoms with Crippen LogP contribution in [-0.2, 0) is 14.8 Å². The van der Waals surface area contributed by atoms with Crippen molar-refractivity contribution in [1.29, 1.82) is 0 Å². The number of carbonyl (C=O) groups is 1. The molecule has 6 nitrogen and oxygen atoms in total. The molecule has 0 spiro atoms. The monoisotopic (exact) mass is 343 g/mol. The number of rotatable bonds is 6. The molecule has 8 heteroatoms. The molecular weight excluding hydrogens is 326 g/mol. The zero-order valence-corrected chi connectivity index (χ0v) is 13.4. The number of hydrogen-bond donors (Lipinski definition) is 3. The Labute approximate surface area is 135 Å². The Bertz CT molecular complexity index is 750. The number of nitrogens with one attached hydrogen (secondary N) is 2. The van der Waals surface area contributed by atoms with E-state index in [0.29, 0.717) is 13.1 Å². The van der Waals surface area contributed by atoms with Crippen molar-refractivity contribution in [3.63, 3.8) is 0 Å². The average molecular weight is 344 g/mol. The van der Waals surface area contributed by atoms with Gasteiger partial charge in [-0.25, -0.2) is 13.1 Å². The van der Waals surface area contributed by atoms with Crippen LogP contribution in [0, 0.1) is 0 Å². The van der Waals surface area contributed by atoms with Gasteiger partial charge in [-0.05, 0) is 22.9 Å². The maximum Gasteiger partial charge on any atom is 0.241 e. The summed E-state index contributed by atoms with van der Waals surface area (Å²) in [6, 6.07) is 12.3. The summed E-state index contributed by atoms with van der Waals surface area (Å²) >= 11 is 0. The van der Waals surface area contributed by atoms with E-state index >= 15 is 0 Å². The first-order valence-corrected chi connectivity index (χ1v) is 7.96. The summed E-state index contributed by atoms with van der Waals surface area (Å²) in [5.41, 5.74) is 5.25. The fourth-order valence-electron chi connectivity index (χ4n) is 1.85. The lowest BCUT2D eigenvalue weighted by molar-refractivity contribution is -0.119. The molecule has 0 aliphatic carbocycles. The lowest BCUT2D eigenvalue weighted by Crippen LogP contribution is -2.38. The Kier molecular flexibility index (Phi) is 6.76. The van der Waals surface area contributed by atoms with E-state index in [1.807, 2.05) is 24.3 Å². The molecule has 22 heavy (non-hydrogen) atoms. The van der Waals surface area contributed by atoms with E-state index in [2.05, 4.69) is 10.0 Å². The summed E-state index contributed by atoms with van der Waals surface area (Å²) < 4.78 is 26.5. The molecule has 0 fully saturated rings. The zero-order valence-electron chi connectivity index (χ0n) is 11.8. The molecule has 0 saturated carbocycles. The number of halogens is 1. The van der Waals surface area contributed by atoms with Gasteiger partial charge >= 0.3 is 0 Å². The molecule has 0 aliphatic heterocycles. The van der Waals surface area contributed by atoms with Gasteiger partial charge in [-0.3, -0.25) is 4.79 Å². The van der Waals surface area contributed by atoms with Crippen molar-refractivity contribution < 1.29 is 13.2 Å². The molecule has 2 aromatic carbocycles. The Balaban J connectivity index is 0.00000242. The minimum absolute atomic E-state index is 0. The highest BCUT2D eigenvalue weighted by Gasteiger charge is 2.15. The largest absolute Gasteiger partial charge is 0.354 e. The summed E-state index contributed by atoms with van der Waals surface area (Å²) in [7, 11) is -3.71. The fourth-order valence-corrected chi connectivity index (χ4v) is 2.87. The quantitative estimate of drug-likeness (QED) is 0.715. The van der Waals surface area contributed by atoms with Gasteiger partial charge in [0.15, 0.2) is 0 Å². The maximum absolute atomic E-state index is 12.1. The van der Waals surface area contributed by atoms with Crippen molar-refractivity contribution in [3.05, 3.63) is 42.5 Å². The van der Waals surface area contributed by atoms with Crippen molar-refractivity contribution >= 4 is 39.1 Å². The lowest BCUT2D eigenvalue weighted by atomic mass is 10.1. The molecule has 0 atom stereocenters. The molecule has 0 heterocycles. The number of carbonyl (C=O) groups excluding carboxylic acids is 1. The Morgan fingerprint density at radius 2 is 1.77 bits per heavy atom. The molecule has 120 valence electrons. The summed E-state index contributed by atoms with van der Waals surface area (Å²) in [6.45, 7) is 0.314. The van der Waals surface area contributed by atoms with Gasteiger partial charge in [0.1, 0.15) is 0 Å². The summed E-state index contributed by atoms with van der Waals surface area (Å²) in [6.07, 6.45) is 0. The van der Waals surface area contributed by atoms with Gasteiger partial charge in [0, 0.05) is 13.1 Å². The zero-order chi connectivity index (χ0) is 15.3. The van der Waals surface area contributed by atoms with Crippen LogP contribution in [-0.4, -0.2) is 34.0 Å². The van der Waals surface area contributed by atoms with Gasteiger partial charge in [-0.2, -0.15) is 0 Å². The van der Waals surface area contributed by atoms with Crippen molar-refractivity contribution in [2.45, 2.75) is 4.90 Å². The molecule has 0 aliphatic rings. The van der Waals surface area contributed by atoms with Gasteiger partial charge in [0.2, 0.25) is 15.9 Å². The third-order valence-corrected chi connectivity index (χ3v) is 4.32. The smallest absolute Gasteiger partial charge is 0.241 e. The van der Waals surface area contributed by atoms with Gasteiger partial charge in [0.05, 0.1) is 11.4 Å². The molecule has 2 aromatic rings. The second kappa shape index (κ2) is 8.09. The highest BCUT2D eigenvalue weighted by atomic mass is 35.5. The number of fused-ring (bicyclic) bond motifs is 1. The minimum Gasteiger partial charge on any atom is -0.354 e. The summed E-state index contributed by atoms with van der Waals surface area (Å²) in [4.78, 5) is 11.5. The van der Waals surface area contributed by atoms with Crippen molar-refractivity contribution in [2.24, 2.45) is 5.73 Å². The molecule has 4 N–H and O–H groups in total. The van der Waals surface area contributed by atoms with Crippen LogP contribution >= 0.6 is 12.4 Å². The van der Waals surface area contributed by atoms with Crippen molar-refractivity contribution in [1.82, 2.24) is 10.0 Å². The normalized spacial score (nSPS) is 11.0. The topological polar surface area (TPSA) is 101 Å². The van der Waals surface area contributed by atoms with Crippen LogP contribution in [0.25, 0.3) is 10.8 Å². The van der Waals surface area contributed by atoms with Crippen LogP contribution in [0.2, 0.25) is 0 Å². The molecule has 0 radical (unpaired) electrons. The lowest BCUT2D eigenvalue weighted by Gasteiger charge is -2.08. The molecule has 0 saturated heterocycles. The number of nitrogens with two attached hydrogens (primary N) is 1. The first-order chi connectivity index (χ1) is 10.0. The number of hydrogen-bond acceptors (Lipinski definition) is 4. The van der Waals surface area contributed by atoms with Gasteiger partial charge in [-0.15, -0.1) is 12.4 Å². The molecular formula is C14H18ClN3O3S. The predicted molar refractivity (Wildman–Crippen MR) is 88.4 cm³/mol. The van der Waals surface area contributed by atoms with E-state index in [1.165, 1.54) is 6.07 Å². The second-order valence-electron chi connectivity index (χ2n) is 4.47. The van der Waals surface area contributed by atoms with Gasteiger partial charge in [-0.1, -0.05) is 30.3 Å². The van der Waals surface area contributed by atoms with Crippen LogP contribution in [0.5, 0.6) is 0 Å². The summed E-state index contributed by atoms with van der Waals surface area (Å²) in [5.74, 6) is -0.412. The minimum atomic E-state index is -3.71. The Hall–Kier alpha value is -1.67. The molecule has 1 amide bonds. The van der Waals surface area contributed by atoms with Crippen molar-refractivity contribution in [2.75, 3.05) is 19.6 Å². The standard InChI is InChI=1S/C14H17N3O3S.ClH/c15-7-8-16-14(18)10-17-21(19,20)13-6-5-11-3-1-2-4-12(11)9-13;/h1-6,9,17H,7-8,10,15H2,(H,16,18);1H. The number of sulfonamides is 1. The first-order valence-electron chi connectivity index (χ1n) is 6.48.